The molecule has 4 nitrogen and oxygen atoms in total. The van der Waals surface area contributed by atoms with Crippen molar-refractivity contribution in [2.75, 3.05) is 6.61 Å². The molecular weight excluding hydrogens is 311 g/mol. The number of hydrogen-bond donors (Lipinski definition) is 1. The second kappa shape index (κ2) is 7.22. The molecule has 0 spiro atoms. The third-order valence-electron chi connectivity index (χ3n) is 3.59. The summed E-state index contributed by atoms with van der Waals surface area (Å²) < 4.78 is 10.9. The summed E-state index contributed by atoms with van der Waals surface area (Å²) in [5, 5.41) is 0.512. The molecule has 0 saturated carbocycles. The predicted molar refractivity (Wildman–Crippen MR) is 94.3 cm³/mol. The summed E-state index contributed by atoms with van der Waals surface area (Å²) in [6.07, 6.45) is 0. The average Bonchev–Trinajstić information content (AvgIpc) is 2.47. The second-order valence-electron chi connectivity index (χ2n) is 5.54. The summed E-state index contributed by atoms with van der Waals surface area (Å²) in [5.74, 6) is -0.550. The third-order valence-corrected chi connectivity index (χ3v) is 5.80. The van der Waals surface area contributed by atoms with E-state index in [1.165, 1.54) is 0 Å². The first kappa shape index (κ1) is 17.6. The number of aryl methyl sites for hydroxylation is 3. The van der Waals surface area contributed by atoms with E-state index in [9.17, 15) is 9.69 Å². The van der Waals surface area contributed by atoms with E-state index in [2.05, 4.69) is 0 Å². The van der Waals surface area contributed by atoms with Gasteiger partial charge in [-0.25, -0.2) is 0 Å². The van der Waals surface area contributed by atoms with E-state index in [1.807, 2.05) is 39.0 Å². The summed E-state index contributed by atoms with van der Waals surface area (Å²) >= 11 is 0. The van der Waals surface area contributed by atoms with E-state index in [0.717, 1.165) is 16.7 Å². The zero-order valence-corrected chi connectivity index (χ0v) is 14.9. The fraction of sp³-hybridized carbons (Fsp3) is 0.278. The monoisotopic (exact) mass is 334 g/mol. The van der Waals surface area contributed by atoms with Crippen LogP contribution in [0.3, 0.4) is 0 Å². The van der Waals surface area contributed by atoms with Crippen molar-refractivity contribution in [2.24, 2.45) is 0 Å². The van der Waals surface area contributed by atoms with Crippen LogP contribution in [0.25, 0.3) is 0 Å². The Labute approximate surface area is 137 Å². The Hall–Kier alpha value is -1.74. The molecule has 0 aromatic heterocycles. The van der Waals surface area contributed by atoms with E-state index >= 15 is 0 Å². The van der Waals surface area contributed by atoms with Crippen LogP contribution < -0.4 is 5.30 Å². The summed E-state index contributed by atoms with van der Waals surface area (Å²) in [7, 11) is -3.78. The molecule has 0 amide bonds. The number of carbonyl (C=O) groups excluding carboxylic acids is 1. The summed E-state index contributed by atoms with van der Waals surface area (Å²) in [4.78, 5) is 23.5. The fourth-order valence-corrected chi connectivity index (χ4v) is 4.40. The van der Waals surface area contributed by atoms with Crippen LogP contribution in [-0.2, 0) is 9.05 Å². The first-order chi connectivity index (χ1) is 10.9. The fourth-order valence-electron chi connectivity index (χ4n) is 2.69. The molecule has 5 heteroatoms. The van der Waals surface area contributed by atoms with Gasteiger partial charge in [-0.15, -0.1) is 0 Å². The molecule has 0 unspecified atom stereocenters. The van der Waals surface area contributed by atoms with Crippen LogP contribution in [0.15, 0.2) is 42.5 Å². The van der Waals surface area contributed by atoms with Crippen LogP contribution in [0.4, 0.5) is 0 Å². The van der Waals surface area contributed by atoms with Crippen molar-refractivity contribution in [1.82, 2.24) is 0 Å². The van der Waals surface area contributed by atoms with Crippen LogP contribution in [0.5, 0.6) is 0 Å². The average molecular weight is 334 g/mol. The predicted octanol–water partition coefficient (Wildman–Crippen LogP) is 3.62. The van der Waals surface area contributed by atoms with E-state index in [0.29, 0.717) is 10.9 Å². The molecule has 0 aliphatic heterocycles. The summed E-state index contributed by atoms with van der Waals surface area (Å²) in [6, 6.07) is 12.7. The molecule has 23 heavy (non-hydrogen) atoms. The van der Waals surface area contributed by atoms with Gasteiger partial charge in [0.2, 0.25) is 0 Å². The normalized spacial score (nSPS) is 12.0. The van der Waals surface area contributed by atoms with Gasteiger partial charge in [0.25, 0.3) is 0 Å². The molecule has 0 fully saturated rings. The van der Waals surface area contributed by atoms with Gasteiger partial charge in [-0.05, 0) is 0 Å². The van der Waals surface area contributed by atoms with Gasteiger partial charge in [0.15, 0.2) is 0 Å². The van der Waals surface area contributed by atoms with Crippen molar-refractivity contribution in [3.8, 4) is 0 Å². The number of carbonyl (C=O) groups is 1. The Morgan fingerprint density at radius 1 is 1.09 bits per heavy atom. The maximum absolute atomic E-state index is 12.6. The molecule has 2 rings (SSSR count). The topological polar surface area (TPSA) is 55.8 Å². The summed E-state index contributed by atoms with van der Waals surface area (Å²) in [6.45, 7) is 7.72. The zero-order valence-electron chi connectivity index (χ0n) is 13.9. The van der Waals surface area contributed by atoms with Crippen molar-refractivity contribution >= 4 is 19.2 Å². The molecule has 1 N–H and O–H groups in total. The maximum atomic E-state index is 12.6. The molecule has 0 aliphatic rings. The molecule has 0 saturated heterocycles. The first-order valence-corrected chi connectivity index (χ1v) is 9.36. The molecule has 0 radical (unpaired) electrons. The van der Waals surface area contributed by atoms with Gasteiger partial charge in [-0.2, -0.15) is 0 Å². The van der Waals surface area contributed by atoms with E-state index in [1.54, 1.807) is 31.2 Å². The van der Waals surface area contributed by atoms with E-state index in [4.69, 9.17) is 9.05 Å². The molecule has 0 heterocycles. The van der Waals surface area contributed by atoms with Crippen LogP contribution in [-0.4, -0.2) is 17.5 Å². The van der Waals surface area contributed by atoms with Crippen LogP contribution in [0, 0.1) is 20.8 Å². The minimum atomic E-state index is -3.78. The van der Waals surface area contributed by atoms with Gasteiger partial charge >= 0.3 is 137 Å². The van der Waals surface area contributed by atoms with Crippen LogP contribution in [0.2, 0.25) is 0 Å². The zero-order chi connectivity index (χ0) is 17.0. The Balaban J connectivity index is 2.36. The number of hydrogen-bond acceptors (Lipinski definition) is 4. The molecular formula is C18H23O4P. The molecule has 124 valence electrons. The van der Waals surface area contributed by atoms with Gasteiger partial charge in [0.05, 0.1) is 0 Å². The molecule has 2 aromatic rings. The van der Waals surface area contributed by atoms with Crippen molar-refractivity contribution in [3.05, 3.63) is 64.7 Å². The van der Waals surface area contributed by atoms with Gasteiger partial charge in [-0.1, -0.05) is 0 Å². The van der Waals surface area contributed by atoms with Crippen LogP contribution >= 0.6 is 7.94 Å². The summed E-state index contributed by atoms with van der Waals surface area (Å²) in [5.41, 5.74) is 3.22. The van der Waals surface area contributed by atoms with Crippen molar-refractivity contribution in [1.29, 1.82) is 0 Å². The van der Waals surface area contributed by atoms with Gasteiger partial charge in [0.1, 0.15) is 0 Å². The number of rotatable bonds is 5. The number of benzene rings is 2. The first-order valence-electron chi connectivity index (χ1n) is 7.60. The standard InChI is InChI=1S/C18H23O4P/c1-5-21-23(20,16-9-7-6-8-10-16)22-18(19)17-14(3)11-13(2)12-15(17)4/h6-12,20,23H,5H2,1-4H3. The molecule has 0 bridgehead atoms. The molecule has 0 atom stereocenters. The van der Waals surface area contributed by atoms with E-state index in [-0.39, 0.29) is 6.61 Å². The Morgan fingerprint density at radius 3 is 2.17 bits per heavy atom. The van der Waals surface area contributed by atoms with Gasteiger partial charge in [0, 0.05) is 0 Å². The molecule has 0 aliphatic carbocycles. The minimum absolute atomic E-state index is 0.261. The quantitative estimate of drug-likeness (QED) is 0.849. The third kappa shape index (κ3) is 3.97. The van der Waals surface area contributed by atoms with Crippen LogP contribution in [0.1, 0.15) is 34.0 Å². The second-order valence-corrected chi connectivity index (χ2v) is 7.78. The Kier molecular flexibility index (Phi) is 5.53. The van der Waals surface area contributed by atoms with Crippen molar-refractivity contribution in [2.45, 2.75) is 27.7 Å². The SMILES string of the molecule is CCO[PH](O)(OC(=O)c1c(C)cc(C)cc1C)c1ccccc1. The molecule has 2 aromatic carbocycles. The Bertz CT molecular complexity index is 676. The van der Waals surface area contributed by atoms with Crippen molar-refractivity contribution < 1.29 is 18.7 Å². The Morgan fingerprint density at radius 2 is 1.65 bits per heavy atom. The van der Waals surface area contributed by atoms with Crippen molar-refractivity contribution in [3.63, 3.8) is 0 Å². The van der Waals surface area contributed by atoms with Gasteiger partial charge < -0.3 is 0 Å². The van der Waals surface area contributed by atoms with Gasteiger partial charge in [-0.3, -0.25) is 0 Å². The van der Waals surface area contributed by atoms with E-state index < -0.39 is 13.9 Å².